The first-order valence-electron chi connectivity index (χ1n) is 8.58. The Kier molecular flexibility index (Phi) is 10.7. The zero-order valence-electron chi connectivity index (χ0n) is 14.7. The van der Waals surface area contributed by atoms with E-state index in [4.69, 9.17) is 18.9 Å². The topological polar surface area (TPSA) is 36.9 Å². The minimum Gasteiger partial charge on any atom is -0.491 e. The molecule has 0 radical (unpaired) electrons. The highest BCUT2D eigenvalue weighted by Crippen LogP contribution is 2.36. The van der Waals surface area contributed by atoms with Gasteiger partial charge in [-0.3, -0.25) is 0 Å². The molecule has 2 aromatic carbocycles. The van der Waals surface area contributed by atoms with E-state index < -0.39 is 0 Å². The SMILES string of the molecule is BrCCOCCOc1ccccc1-c1ccccc1OCCOCCBr. The molecule has 2 aromatic rings. The third-order valence-corrected chi connectivity index (χ3v) is 4.13. The molecule has 0 aliphatic rings. The van der Waals surface area contributed by atoms with Crippen LogP contribution in [0.3, 0.4) is 0 Å². The predicted molar refractivity (Wildman–Crippen MR) is 112 cm³/mol. The molecule has 0 aliphatic heterocycles. The highest BCUT2D eigenvalue weighted by Gasteiger charge is 2.11. The van der Waals surface area contributed by atoms with Gasteiger partial charge in [0.2, 0.25) is 0 Å². The summed E-state index contributed by atoms with van der Waals surface area (Å²) in [5.74, 6) is 1.64. The predicted octanol–water partition coefficient (Wildman–Crippen LogP) is 4.93. The number of para-hydroxylation sites is 2. The second-order valence-electron chi connectivity index (χ2n) is 5.29. The molecule has 0 saturated carbocycles. The van der Waals surface area contributed by atoms with Crippen LogP contribution in [0.5, 0.6) is 11.5 Å². The molecule has 6 heteroatoms. The van der Waals surface area contributed by atoms with Gasteiger partial charge in [0, 0.05) is 21.8 Å². The fraction of sp³-hybridized carbons (Fsp3) is 0.400. The maximum atomic E-state index is 5.92. The van der Waals surface area contributed by atoms with Gasteiger partial charge in [0.15, 0.2) is 0 Å². The summed E-state index contributed by atoms with van der Waals surface area (Å²) in [7, 11) is 0. The lowest BCUT2D eigenvalue weighted by Crippen LogP contribution is -2.09. The van der Waals surface area contributed by atoms with Crippen molar-refractivity contribution in [1.29, 1.82) is 0 Å². The fourth-order valence-electron chi connectivity index (χ4n) is 2.36. The van der Waals surface area contributed by atoms with Gasteiger partial charge in [-0.15, -0.1) is 0 Å². The molecule has 0 fully saturated rings. The van der Waals surface area contributed by atoms with Crippen LogP contribution in [0.2, 0.25) is 0 Å². The molecule has 0 aliphatic carbocycles. The zero-order valence-corrected chi connectivity index (χ0v) is 17.8. The normalized spacial score (nSPS) is 10.7. The first kappa shape index (κ1) is 21.2. The van der Waals surface area contributed by atoms with Crippen molar-refractivity contribution in [3.63, 3.8) is 0 Å². The molecule has 0 amide bonds. The van der Waals surface area contributed by atoms with Crippen LogP contribution in [0.4, 0.5) is 0 Å². The second kappa shape index (κ2) is 13.1. The van der Waals surface area contributed by atoms with Crippen LogP contribution in [0.15, 0.2) is 48.5 Å². The van der Waals surface area contributed by atoms with Crippen LogP contribution in [0.1, 0.15) is 0 Å². The van der Waals surface area contributed by atoms with Crippen LogP contribution in [0.25, 0.3) is 11.1 Å². The summed E-state index contributed by atoms with van der Waals surface area (Å²) in [5.41, 5.74) is 2.01. The van der Waals surface area contributed by atoms with E-state index >= 15 is 0 Å². The number of ether oxygens (including phenoxy) is 4. The third-order valence-electron chi connectivity index (χ3n) is 3.48. The van der Waals surface area contributed by atoms with Gasteiger partial charge in [-0.25, -0.2) is 0 Å². The Morgan fingerprint density at radius 1 is 0.538 bits per heavy atom. The molecule has 0 atom stereocenters. The van der Waals surface area contributed by atoms with Crippen LogP contribution < -0.4 is 9.47 Å². The minimum absolute atomic E-state index is 0.507. The Hall–Kier alpha value is -1.08. The average Bonchev–Trinajstić information content (AvgIpc) is 2.68. The summed E-state index contributed by atoms with van der Waals surface area (Å²) in [6.07, 6.45) is 0. The van der Waals surface area contributed by atoms with Gasteiger partial charge in [0.1, 0.15) is 24.7 Å². The summed E-state index contributed by atoms with van der Waals surface area (Å²) < 4.78 is 22.7. The van der Waals surface area contributed by atoms with Gasteiger partial charge in [0.25, 0.3) is 0 Å². The van der Waals surface area contributed by atoms with Crippen molar-refractivity contribution >= 4 is 31.9 Å². The molecule has 142 valence electrons. The van der Waals surface area contributed by atoms with E-state index in [2.05, 4.69) is 31.9 Å². The maximum Gasteiger partial charge on any atom is 0.127 e. The quantitative estimate of drug-likeness (QED) is 0.296. The Bertz CT molecular complexity index is 581. The van der Waals surface area contributed by atoms with Crippen LogP contribution in [0, 0.1) is 0 Å². The monoisotopic (exact) mass is 486 g/mol. The molecule has 0 aromatic heterocycles. The molecule has 0 spiro atoms. The van der Waals surface area contributed by atoms with Gasteiger partial charge >= 0.3 is 0 Å². The van der Waals surface area contributed by atoms with Crippen molar-refractivity contribution in [2.24, 2.45) is 0 Å². The van der Waals surface area contributed by atoms with Crippen molar-refractivity contribution in [3.05, 3.63) is 48.5 Å². The van der Waals surface area contributed by atoms with Gasteiger partial charge in [-0.1, -0.05) is 68.3 Å². The largest absolute Gasteiger partial charge is 0.491 e. The molecule has 0 bridgehead atoms. The van der Waals surface area contributed by atoms with Crippen LogP contribution >= 0.6 is 31.9 Å². The summed E-state index contributed by atoms with van der Waals surface area (Å²) in [4.78, 5) is 0. The van der Waals surface area contributed by atoms with E-state index in [0.29, 0.717) is 39.6 Å². The van der Waals surface area contributed by atoms with E-state index in [0.717, 1.165) is 33.3 Å². The summed E-state index contributed by atoms with van der Waals surface area (Å²) >= 11 is 6.68. The first-order chi connectivity index (χ1) is 12.9. The van der Waals surface area contributed by atoms with Crippen molar-refractivity contribution in [2.75, 3.05) is 50.3 Å². The molecule has 0 heterocycles. The molecule has 0 unspecified atom stereocenters. The van der Waals surface area contributed by atoms with E-state index in [1.165, 1.54) is 0 Å². The number of hydrogen-bond donors (Lipinski definition) is 0. The zero-order chi connectivity index (χ0) is 18.5. The summed E-state index contributed by atoms with van der Waals surface area (Å²) in [5, 5.41) is 1.65. The average molecular weight is 488 g/mol. The molecule has 4 nitrogen and oxygen atoms in total. The highest BCUT2D eigenvalue weighted by molar-refractivity contribution is 9.09. The lowest BCUT2D eigenvalue weighted by atomic mass is 10.0. The Morgan fingerprint density at radius 2 is 0.962 bits per heavy atom. The summed E-state index contributed by atoms with van der Waals surface area (Å²) in [6.45, 7) is 3.49. The van der Waals surface area contributed by atoms with E-state index in [1.807, 2.05) is 48.5 Å². The summed E-state index contributed by atoms with van der Waals surface area (Å²) in [6, 6.07) is 16.0. The Morgan fingerprint density at radius 3 is 1.38 bits per heavy atom. The van der Waals surface area contributed by atoms with Crippen LogP contribution in [-0.4, -0.2) is 50.3 Å². The van der Waals surface area contributed by atoms with Gasteiger partial charge in [0.05, 0.1) is 26.4 Å². The molecule has 0 N–H and O–H groups in total. The smallest absolute Gasteiger partial charge is 0.127 e. The Balaban J connectivity index is 2.03. The van der Waals surface area contributed by atoms with Gasteiger partial charge in [-0.2, -0.15) is 0 Å². The molecular weight excluding hydrogens is 464 g/mol. The lowest BCUT2D eigenvalue weighted by molar-refractivity contribution is 0.112. The maximum absolute atomic E-state index is 5.92. The van der Waals surface area contributed by atoms with E-state index in [-0.39, 0.29) is 0 Å². The lowest BCUT2D eigenvalue weighted by Gasteiger charge is -2.15. The number of halogens is 2. The molecular formula is C20H24Br2O4. The van der Waals surface area contributed by atoms with Crippen molar-refractivity contribution in [2.45, 2.75) is 0 Å². The number of alkyl halides is 2. The van der Waals surface area contributed by atoms with Crippen molar-refractivity contribution in [3.8, 4) is 22.6 Å². The molecule has 2 rings (SSSR count). The minimum atomic E-state index is 0.507. The fourth-order valence-corrected chi connectivity index (χ4v) is 2.82. The number of rotatable bonds is 13. The third kappa shape index (κ3) is 7.27. The van der Waals surface area contributed by atoms with E-state index in [1.54, 1.807) is 0 Å². The van der Waals surface area contributed by atoms with Crippen molar-refractivity contribution < 1.29 is 18.9 Å². The number of benzene rings is 2. The van der Waals surface area contributed by atoms with Gasteiger partial charge in [-0.05, 0) is 12.1 Å². The first-order valence-corrected chi connectivity index (χ1v) is 10.8. The molecule has 0 saturated heterocycles. The Labute approximate surface area is 172 Å². The highest BCUT2D eigenvalue weighted by atomic mass is 79.9. The number of hydrogen-bond acceptors (Lipinski definition) is 4. The van der Waals surface area contributed by atoms with E-state index in [9.17, 15) is 0 Å². The van der Waals surface area contributed by atoms with Crippen LogP contribution in [-0.2, 0) is 9.47 Å². The molecule has 26 heavy (non-hydrogen) atoms. The second-order valence-corrected chi connectivity index (χ2v) is 6.88. The van der Waals surface area contributed by atoms with Gasteiger partial charge < -0.3 is 18.9 Å². The standard InChI is InChI=1S/C20H24Br2O4/c21-9-11-23-13-15-25-19-7-3-1-5-17(19)18-6-2-4-8-20(18)26-16-14-24-12-10-22/h1-8H,9-16H2. The van der Waals surface area contributed by atoms with Crippen molar-refractivity contribution in [1.82, 2.24) is 0 Å².